The molecule has 1 aromatic rings. The second-order valence-corrected chi connectivity index (χ2v) is 4.28. The van der Waals surface area contributed by atoms with Crippen molar-refractivity contribution in [1.82, 2.24) is 0 Å². The summed E-state index contributed by atoms with van der Waals surface area (Å²) in [6, 6.07) is 8.17. The molecular formula is C15H22N2O. The van der Waals surface area contributed by atoms with Crippen LogP contribution in [0.3, 0.4) is 0 Å². The van der Waals surface area contributed by atoms with E-state index in [1.165, 1.54) is 0 Å². The molecule has 0 fully saturated rings. The predicted octanol–water partition coefficient (Wildman–Crippen LogP) is 2.82. The molecule has 0 saturated heterocycles. The number of hydrogen-bond donors (Lipinski definition) is 2. The Labute approximate surface area is 110 Å². The van der Waals surface area contributed by atoms with Crippen molar-refractivity contribution in [3.05, 3.63) is 24.3 Å². The molecule has 98 valence electrons. The first-order valence-electron chi connectivity index (χ1n) is 6.30. The van der Waals surface area contributed by atoms with Crippen LogP contribution in [0.5, 0.6) is 0 Å². The normalized spacial score (nSPS) is 9.78. The van der Waals surface area contributed by atoms with E-state index < -0.39 is 0 Å². The zero-order valence-corrected chi connectivity index (χ0v) is 11.4. The van der Waals surface area contributed by atoms with Gasteiger partial charge in [-0.25, -0.2) is 0 Å². The van der Waals surface area contributed by atoms with E-state index >= 15 is 0 Å². The van der Waals surface area contributed by atoms with Crippen molar-refractivity contribution in [2.75, 3.05) is 37.4 Å². The molecule has 1 aromatic carbocycles. The van der Waals surface area contributed by atoms with Gasteiger partial charge in [-0.3, -0.25) is 0 Å². The molecule has 18 heavy (non-hydrogen) atoms. The van der Waals surface area contributed by atoms with E-state index in [4.69, 9.17) is 4.74 Å². The summed E-state index contributed by atoms with van der Waals surface area (Å²) >= 11 is 0. The van der Waals surface area contributed by atoms with Gasteiger partial charge in [-0.1, -0.05) is 25.7 Å². The molecular weight excluding hydrogens is 224 g/mol. The fraction of sp³-hybridized carbons (Fsp3) is 0.467. The highest BCUT2D eigenvalue weighted by Crippen LogP contribution is 2.12. The Hall–Kier alpha value is -1.66. The van der Waals surface area contributed by atoms with Gasteiger partial charge in [0.15, 0.2) is 0 Å². The first-order valence-corrected chi connectivity index (χ1v) is 6.30. The molecule has 3 heteroatoms. The molecule has 0 heterocycles. The van der Waals surface area contributed by atoms with Gasteiger partial charge in [-0.2, -0.15) is 0 Å². The third-order valence-corrected chi connectivity index (χ3v) is 2.31. The van der Waals surface area contributed by atoms with E-state index in [9.17, 15) is 0 Å². The molecule has 3 nitrogen and oxygen atoms in total. The number of rotatable bonds is 6. The van der Waals surface area contributed by atoms with Crippen molar-refractivity contribution in [3.8, 4) is 11.8 Å². The van der Waals surface area contributed by atoms with Crippen molar-refractivity contribution in [3.63, 3.8) is 0 Å². The minimum atomic E-state index is 0.414. The van der Waals surface area contributed by atoms with Crippen molar-refractivity contribution in [1.29, 1.82) is 0 Å². The quantitative estimate of drug-likeness (QED) is 0.598. The monoisotopic (exact) mass is 246 g/mol. The third-order valence-electron chi connectivity index (χ3n) is 2.31. The van der Waals surface area contributed by atoms with E-state index in [1.54, 1.807) is 0 Å². The molecule has 0 aliphatic heterocycles. The predicted molar refractivity (Wildman–Crippen MR) is 77.9 cm³/mol. The lowest BCUT2D eigenvalue weighted by Crippen LogP contribution is -2.09. The summed E-state index contributed by atoms with van der Waals surface area (Å²) < 4.78 is 5.40. The maximum absolute atomic E-state index is 5.40. The number of nitrogens with one attached hydrogen (secondary N) is 2. The smallest absolute Gasteiger partial charge is 0.107 e. The fourth-order valence-electron chi connectivity index (χ4n) is 1.39. The van der Waals surface area contributed by atoms with Crippen LogP contribution in [0.25, 0.3) is 0 Å². The maximum Gasteiger partial charge on any atom is 0.107 e. The largest absolute Gasteiger partial charge is 0.388 e. The molecule has 0 aromatic heterocycles. The second-order valence-electron chi connectivity index (χ2n) is 4.28. The van der Waals surface area contributed by atoms with Crippen LogP contribution in [-0.4, -0.2) is 26.8 Å². The van der Waals surface area contributed by atoms with Gasteiger partial charge in [-0.15, -0.1) is 0 Å². The van der Waals surface area contributed by atoms with Gasteiger partial charge in [-0.05, 0) is 24.3 Å². The van der Waals surface area contributed by atoms with Crippen LogP contribution in [-0.2, 0) is 4.74 Å². The van der Waals surface area contributed by atoms with Gasteiger partial charge >= 0.3 is 0 Å². The van der Waals surface area contributed by atoms with Crippen LogP contribution in [0.15, 0.2) is 24.3 Å². The Morgan fingerprint density at radius 1 is 1.17 bits per heavy atom. The van der Waals surface area contributed by atoms with Crippen LogP contribution >= 0.6 is 0 Å². The van der Waals surface area contributed by atoms with Crippen LogP contribution in [0, 0.1) is 17.8 Å². The van der Waals surface area contributed by atoms with Crippen LogP contribution in [0.1, 0.15) is 13.8 Å². The number of anilines is 2. The summed E-state index contributed by atoms with van der Waals surface area (Å²) in [5, 5.41) is 6.38. The average Bonchev–Trinajstić information content (AvgIpc) is 2.38. The molecule has 0 amide bonds. The first kappa shape index (κ1) is 14.4. The van der Waals surface area contributed by atoms with Gasteiger partial charge in [0, 0.05) is 30.9 Å². The molecule has 0 spiro atoms. The van der Waals surface area contributed by atoms with Crippen LogP contribution < -0.4 is 10.6 Å². The third kappa shape index (κ3) is 6.17. The van der Waals surface area contributed by atoms with Gasteiger partial charge < -0.3 is 15.4 Å². The molecule has 0 saturated carbocycles. The van der Waals surface area contributed by atoms with E-state index in [1.807, 2.05) is 31.3 Å². The summed E-state index contributed by atoms with van der Waals surface area (Å²) in [6.45, 7) is 6.12. The Bertz CT molecular complexity index is 387. The Kier molecular flexibility index (Phi) is 6.75. The highest BCUT2D eigenvalue weighted by molar-refractivity contribution is 5.53. The van der Waals surface area contributed by atoms with E-state index in [0.29, 0.717) is 19.1 Å². The summed E-state index contributed by atoms with van der Waals surface area (Å²) in [5.41, 5.74) is 2.21. The van der Waals surface area contributed by atoms with Crippen molar-refractivity contribution < 1.29 is 4.74 Å². The van der Waals surface area contributed by atoms with Gasteiger partial charge in [0.25, 0.3) is 0 Å². The molecule has 0 unspecified atom stereocenters. The van der Waals surface area contributed by atoms with E-state index in [-0.39, 0.29) is 0 Å². The minimum Gasteiger partial charge on any atom is -0.388 e. The number of ether oxygens (including phenoxy) is 1. The molecule has 0 bridgehead atoms. The zero-order valence-electron chi connectivity index (χ0n) is 11.4. The molecule has 1 rings (SSSR count). The number of hydrogen-bond acceptors (Lipinski definition) is 3. The van der Waals surface area contributed by atoms with Crippen LogP contribution in [0.4, 0.5) is 11.4 Å². The van der Waals surface area contributed by atoms with E-state index in [2.05, 4.69) is 36.3 Å². The molecule has 2 N–H and O–H groups in total. The molecule has 0 atom stereocenters. The summed E-state index contributed by atoms with van der Waals surface area (Å²) in [6.07, 6.45) is 0. The van der Waals surface area contributed by atoms with Crippen LogP contribution in [0.2, 0.25) is 0 Å². The Morgan fingerprint density at radius 3 is 2.44 bits per heavy atom. The molecule has 0 radical (unpaired) electrons. The maximum atomic E-state index is 5.40. The summed E-state index contributed by atoms with van der Waals surface area (Å²) in [5.74, 6) is 6.47. The zero-order chi connectivity index (χ0) is 13.2. The SMILES string of the molecule is CNc1ccc(NCCOCC#CC(C)C)cc1. The topological polar surface area (TPSA) is 33.3 Å². The summed E-state index contributed by atoms with van der Waals surface area (Å²) in [4.78, 5) is 0. The fourth-order valence-corrected chi connectivity index (χ4v) is 1.39. The number of benzene rings is 1. The Balaban J connectivity index is 2.12. The minimum absolute atomic E-state index is 0.414. The van der Waals surface area contributed by atoms with Gasteiger partial charge in [0.05, 0.1) is 6.61 Å². The van der Waals surface area contributed by atoms with Crippen molar-refractivity contribution >= 4 is 11.4 Å². The lowest BCUT2D eigenvalue weighted by atomic mass is 10.2. The Morgan fingerprint density at radius 2 is 1.83 bits per heavy atom. The van der Waals surface area contributed by atoms with Crippen molar-refractivity contribution in [2.45, 2.75) is 13.8 Å². The average molecular weight is 246 g/mol. The highest BCUT2D eigenvalue weighted by atomic mass is 16.5. The van der Waals surface area contributed by atoms with Crippen molar-refractivity contribution in [2.24, 2.45) is 5.92 Å². The van der Waals surface area contributed by atoms with E-state index in [0.717, 1.165) is 17.9 Å². The highest BCUT2D eigenvalue weighted by Gasteiger charge is 1.92. The molecule has 0 aliphatic rings. The van der Waals surface area contributed by atoms with Gasteiger partial charge in [0.1, 0.15) is 6.61 Å². The van der Waals surface area contributed by atoms with Gasteiger partial charge in [0.2, 0.25) is 0 Å². The standard InChI is InChI=1S/C15H22N2O/c1-13(2)5-4-11-18-12-10-17-15-8-6-14(16-3)7-9-15/h6-9,13,16-17H,10-12H2,1-3H3. The first-order chi connectivity index (χ1) is 8.72. The second kappa shape index (κ2) is 8.43. The lowest BCUT2D eigenvalue weighted by molar-refractivity contribution is 0.178. The lowest BCUT2D eigenvalue weighted by Gasteiger charge is -2.07. The molecule has 0 aliphatic carbocycles. The summed E-state index contributed by atoms with van der Waals surface area (Å²) in [7, 11) is 1.91.